The lowest BCUT2D eigenvalue weighted by molar-refractivity contribution is -0.135. The zero-order valence-electron chi connectivity index (χ0n) is 15.8. The Morgan fingerprint density at radius 3 is 2.74 bits per heavy atom. The number of rotatable bonds is 3. The third-order valence-electron chi connectivity index (χ3n) is 6.44. The van der Waals surface area contributed by atoms with E-state index in [4.69, 9.17) is 0 Å². The van der Waals surface area contributed by atoms with Gasteiger partial charge >= 0.3 is 6.03 Å². The molecule has 1 saturated carbocycles. The number of hydrogen-bond acceptors (Lipinski definition) is 3. The van der Waals surface area contributed by atoms with E-state index in [0.29, 0.717) is 18.8 Å². The maximum atomic E-state index is 13.1. The first-order valence-corrected chi connectivity index (χ1v) is 9.99. The van der Waals surface area contributed by atoms with Gasteiger partial charge in [-0.05, 0) is 42.7 Å². The van der Waals surface area contributed by atoms with E-state index in [1.54, 1.807) is 0 Å². The highest BCUT2D eigenvalue weighted by Gasteiger charge is 2.52. The van der Waals surface area contributed by atoms with Crippen molar-refractivity contribution in [2.45, 2.75) is 63.5 Å². The molecule has 2 aliphatic carbocycles. The Morgan fingerprint density at radius 1 is 1.22 bits per heavy atom. The van der Waals surface area contributed by atoms with E-state index in [1.165, 1.54) is 12.0 Å². The van der Waals surface area contributed by atoms with Crippen molar-refractivity contribution in [3.8, 4) is 0 Å². The summed E-state index contributed by atoms with van der Waals surface area (Å²) in [6, 6.07) is 7.72. The molecule has 6 nitrogen and oxygen atoms in total. The van der Waals surface area contributed by atoms with E-state index in [9.17, 15) is 14.4 Å². The quantitative estimate of drug-likeness (QED) is 0.802. The third kappa shape index (κ3) is 3.33. The minimum absolute atomic E-state index is 0.141. The highest BCUT2D eigenvalue weighted by atomic mass is 16.2. The molecule has 2 fully saturated rings. The normalized spacial score (nSPS) is 30.2. The molecule has 1 aromatic rings. The van der Waals surface area contributed by atoms with Gasteiger partial charge in [-0.3, -0.25) is 14.5 Å². The molecule has 1 heterocycles. The van der Waals surface area contributed by atoms with Gasteiger partial charge in [0, 0.05) is 12.5 Å². The minimum Gasteiger partial charge on any atom is -0.352 e. The lowest BCUT2D eigenvalue weighted by Gasteiger charge is -2.32. The summed E-state index contributed by atoms with van der Waals surface area (Å²) in [6.07, 6.45) is 6.20. The average Bonchev–Trinajstić information content (AvgIpc) is 2.87. The summed E-state index contributed by atoms with van der Waals surface area (Å²) in [7, 11) is 0. The molecule has 3 aliphatic rings. The van der Waals surface area contributed by atoms with E-state index >= 15 is 0 Å². The van der Waals surface area contributed by atoms with Crippen molar-refractivity contribution in [2.24, 2.45) is 5.92 Å². The van der Waals surface area contributed by atoms with Gasteiger partial charge in [-0.2, -0.15) is 0 Å². The van der Waals surface area contributed by atoms with Gasteiger partial charge in [0.05, 0.1) is 0 Å². The largest absolute Gasteiger partial charge is 0.352 e. The molecule has 27 heavy (non-hydrogen) atoms. The number of amides is 4. The SMILES string of the molecule is C[C@@H]1CCCC[C@H]1NC(=O)CN1C(=O)N[C@@]2(CCc3ccccc3C2)C1=O. The summed E-state index contributed by atoms with van der Waals surface area (Å²) in [4.78, 5) is 39.1. The maximum absolute atomic E-state index is 13.1. The van der Waals surface area contributed by atoms with Crippen LogP contribution in [0.25, 0.3) is 0 Å². The molecule has 6 heteroatoms. The summed E-state index contributed by atoms with van der Waals surface area (Å²) in [5.41, 5.74) is 1.43. The Hall–Kier alpha value is -2.37. The number of urea groups is 1. The summed E-state index contributed by atoms with van der Waals surface area (Å²) in [5.74, 6) is -0.0775. The molecule has 3 atom stereocenters. The van der Waals surface area contributed by atoms with Crippen LogP contribution >= 0.6 is 0 Å². The predicted molar refractivity (Wildman–Crippen MR) is 101 cm³/mol. The van der Waals surface area contributed by atoms with Crippen molar-refractivity contribution in [3.63, 3.8) is 0 Å². The number of hydrogen-bond donors (Lipinski definition) is 2. The van der Waals surface area contributed by atoms with Crippen LogP contribution in [-0.4, -0.2) is 40.9 Å². The first-order chi connectivity index (χ1) is 13.0. The second-order valence-electron chi connectivity index (χ2n) is 8.28. The maximum Gasteiger partial charge on any atom is 0.325 e. The lowest BCUT2D eigenvalue weighted by Crippen LogP contribution is -2.52. The Morgan fingerprint density at radius 2 is 1.96 bits per heavy atom. The van der Waals surface area contributed by atoms with Gasteiger partial charge in [0.25, 0.3) is 5.91 Å². The van der Waals surface area contributed by atoms with Crippen molar-refractivity contribution < 1.29 is 14.4 Å². The standard InChI is InChI=1S/C21H27N3O3/c1-14-6-2-5-9-17(14)22-18(25)13-24-19(26)21(23-20(24)27)11-10-15-7-3-4-8-16(15)12-21/h3-4,7-8,14,17H,2,5-6,9-13H2,1H3,(H,22,25)(H,23,27)/t14-,17-,21-/m1/s1. The molecular weight excluding hydrogens is 342 g/mol. The summed E-state index contributed by atoms with van der Waals surface area (Å²) >= 11 is 0. The minimum atomic E-state index is -0.899. The topological polar surface area (TPSA) is 78.5 Å². The lowest BCUT2D eigenvalue weighted by atomic mass is 9.78. The fraction of sp³-hybridized carbons (Fsp3) is 0.571. The highest BCUT2D eigenvalue weighted by Crippen LogP contribution is 2.33. The first-order valence-electron chi connectivity index (χ1n) is 9.99. The first kappa shape index (κ1) is 18.0. The number of carbonyl (C=O) groups is 3. The van der Waals surface area contributed by atoms with Gasteiger partial charge in [0.2, 0.25) is 5.91 Å². The predicted octanol–water partition coefficient (Wildman–Crippen LogP) is 2.16. The smallest absolute Gasteiger partial charge is 0.325 e. The van der Waals surface area contributed by atoms with Crippen molar-refractivity contribution in [1.29, 1.82) is 0 Å². The van der Waals surface area contributed by atoms with E-state index in [0.717, 1.165) is 36.1 Å². The van der Waals surface area contributed by atoms with E-state index in [-0.39, 0.29) is 24.4 Å². The Balaban J connectivity index is 1.43. The van der Waals surface area contributed by atoms with Crippen LogP contribution in [0.2, 0.25) is 0 Å². The van der Waals surface area contributed by atoms with E-state index in [1.807, 2.05) is 18.2 Å². The van der Waals surface area contributed by atoms with Gasteiger partial charge in [0.1, 0.15) is 12.1 Å². The van der Waals surface area contributed by atoms with Crippen molar-refractivity contribution in [2.75, 3.05) is 6.54 Å². The number of nitrogens with zero attached hydrogens (tertiary/aromatic N) is 1. The van der Waals surface area contributed by atoms with Gasteiger partial charge in [-0.15, -0.1) is 0 Å². The fourth-order valence-corrected chi connectivity index (χ4v) is 4.77. The molecule has 1 spiro atoms. The Kier molecular flexibility index (Phi) is 4.66. The molecule has 0 aromatic heterocycles. The summed E-state index contributed by atoms with van der Waals surface area (Å²) in [5, 5.41) is 5.92. The highest BCUT2D eigenvalue weighted by molar-refractivity contribution is 6.09. The summed E-state index contributed by atoms with van der Waals surface area (Å²) < 4.78 is 0. The molecule has 4 rings (SSSR count). The molecule has 1 aromatic carbocycles. The Labute approximate surface area is 159 Å². The van der Waals surface area contributed by atoms with Crippen LogP contribution in [0.3, 0.4) is 0 Å². The van der Waals surface area contributed by atoms with E-state index in [2.05, 4.69) is 23.6 Å². The van der Waals surface area contributed by atoms with Crippen LogP contribution in [0.5, 0.6) is 0 Å². The van der Waals surface area contributed by atoms with Crippen LogP contribution in [0.1, 0.15) is 50.2 Å². The van der Waals surface area contributed by atoms with Crippen LogP contribution in [0, 0.1) is 5.92 Å². The molecule has 1 saturated heterocycles. The average molecular weight is 369 g/mol. The number of aryl methyl sites for hydroxylation is 1. The van der Waals surface area contributed by atoms with Gasteiger partial charge < -0.3 is 10.6 Å². The number of nitrogens with one attached hydrogen (secondary N) is 2. The zero-order valence-corrected chi connectivity index (χ0v) is 15.8. The molecule has 0 unspecified atom stereocenters. The van der Waals surface area contributed by atoms with Crippen LogP contribution < -0.4 is 10.6 Å². The van der Waals surface area contributed by atoms with Gasteiger partial charge in [0.15, 0.2) is 0 Å². The third-order valence-corrected chi connectivity index (χ3v) is 6.44. The van der Waals surface area contributed by atoms with Gasteiger partial charge in [-0.1, -0.05) is 44.0 Å². The second kappa shape index (κ2) is 6.98. The van der Waals surface area contributed by atoms with Crippen LogP contribution in [0.15, 0.2) is 24.3 Å². The molecule has 2 N–H and O–H groups in total. The monoisotopic (exact) mass is 369 g/mol. The van der Waals surface area contributed by atoms with E-state index < -0.39 is 11.6 Å². The van der Waals surface area contributed by atoms with Gasteiger partial charge in [-0.25, -0.2) is 4.79 Å². The summed E-state index contributed by atoms with van der Waals surface area (Å²) in [6.45, 7) is 1.95. The number of benzene rings is 1. The van der Waals surface area contributed by atoms with Crippen molar-refractivity contribution in [3.05, 3.63) is 35.4 Å². The molecule has 0 radical (unpaired) electrons. The molecule has 144 valence electrons. The fourth-order valence-electron chi connectivity index (χ4n) is 4.77. The molecule has 0 bridgehead atoms. The second-order valence-corrected chi connectivity index (χ2v) is 8.28. The van der Waals surface area contributed by atoms with Crippen molar-refractivity contribution in [1.82, 2.24) is 15.5 Å². The molecular formula is C21H27N3O3. The van der Waals surface area contributed by atoms with Crippen LogP contribution in [0.4, 0.5) is 4.79 Å². The van der Waals surface area contributed by atoms with Crippen LogP contribution in [-0.2, 0) is 22.4 Å². The van der Waals surface area contributed by atoms with Crippen molar-refractivity contribution >= 4 is 17.8 Å². The molecule has 4 amide bonds. The zero-order chi connectivity index (χ0) is 19.0. The number of carbonyl (C=O) groups excluding carboxylic acids is 3. The number of fused-ring (bicyclic) bond motifs is 1. The number of imide groups is 1. The Bertz CT molecular complexity index is 778. The molecule has 1 aliphatic heterocycles.